The minimum Gasteiger partial charge on any atom is -0.331 e. The number of nitrogens with one attached hydrogen (secondary N) is 1. The summed E-state index contributed by atoms with van der Waals surface area (Å²) in [5.41, 5.74) is 0. The van der Waals surface area contributed by atoms with Crippen molar-refractivity contribution in [2.45, 2.75) is 45.2 Å². The molecule has 1 aromatic rings. The van der Waals surface area contributed by atoms with Crippen LogP contribution in [0.15, 0.2) is 6.33 Å². The Morgan fingerprint density at radius 2 is 2.37 bits per heavy atom. The van der Waals surface area contributed by atoms with Gasteiger partial charge in [-0.05, 0) is 32.7 Å². The van der Waals surface area contributed by atoms with Crippen LogP contribution in [0.3, 0.4) is 0 Å². The van der Waals surface area contributed by atoms with Crippen LogP contribution in [0, 0.1) is 0 Å². The summed E-state index contributed by atoms with van der Waals surface area (Å²) in [6.45, 7) is 5.82. The van der Waals surface area contributed by atoms with Crippen molar-refractivity contribution in [2.24, 2.45) is 7.05 Å². The van der Waals surface area contributed by atoms with Crippen LogP contribution in [-0.2, 0) is 11.8 Å². The monoisotopic (exact) mass is 265 g/mol. The number of carbonyl (C=O) groups excluding carboxylic acids is 1. The Morgan fingerprint density at radius 1 is 1.58 bits per heavy atom. The highest BCUT2D eigenvalue weighted by molar-refractivity contribution is 5.83. The number of likely N-dealkylation sites (tertiary alicyclic amines) is 1. The minimum atomic E-state index is -0.0376. The topological polar surface area (TPSA) is 63.0 Å². The van der Waals surface area contributed by atoms with Crippen LogP contribution < -0.4 is 5.32 Å². The molecule has 0 radical (unpaired) electrons. The van der Waals surface area contributed by atoms with Crippen LogP contribution in [0.4, 0.5) is 0 Å². The van der Waals surface area contributed by atoms with Gasteiger partial charge in [-0.2, -0.15) is 0 Å². The molecular formula is C13H23N5O. The van der Waals surface area contributed by atoms with Gasteiger partial charge >= 0.3 is 0 Å². The predicted molar refractivity (Wildman–Crippen MR) is 72.4 cm³/mol. The van der Waals surface area contributed by atoms with E-state index >= 15 is 0 Å². The van der Waals surface area contributed by atoms with Crippen LogP contribution in [-0.4, -0.2) is 44.7 Å². The van der Waals surface area contributed by atoms with Crippen molar-refractivity contribution < 1.29 is 4.79 Å². The second-order valence-corrected chi connectivity index (χ2v) is 5.16. The van der Waals surface area contributed by atoms with Crippen molar-refractivity contribution >= 4 is 5.91 Å². The Kier molecular flexibility index (Phi) is 4.52. The molecular weight excluding hydrogens is 242 g/mol. The number of aryl methyl sites for hydroxylation is 1. The van der Waals surface area contributed by atoms with Crippen LogP contribution in [0.25, 0.3) is 0 Å². The normalized spacial score (nSPS) is 21.7. The molecule has 0 bridgehead atoms. The first-order valence-electron chi connectivity index (χ1n) is 7.03. The fraction of sp³-hybridized carbons (Fsp3) is 0.769. The smallest absolute Gasteiger partial charge is 0.240 e. The van der Waals surface area contributed by atoms with Crippen LogP contribution in [0.2, 0.25) is 0 Å². The van der Waals surface area contributed by atoms with E-state index in [-0.39, 0.29) is 18.0 Å². The highest BCUT2D eigenvalue weighted by Gasteiger charge is 2.32. The average Bonchev–Trinajstić information content (AvgIpc) is 2.83. The van der Waals surface area contributed by atoms with Gasteiger partial charge < -0.3 is 14.8 Å². The lowest BCUT2D eigenvalue weighted by Gasteiger charge is -2.36. The number of piperidine rings is 1. The lowest BCUT2D eigenvalue weighted by Crippen LogP contribution is -2.51. The van der Waals surface area contributed by atoms with E-state index < -0.39 is 0 Å². The number of amides is 1. The third kappa shape index (κ3) is 2.94. The number of nitrogens with zero attached hydrogens (tertiary/aromatic N) is 4. The van der Waals surface area contributed by atoms with Crippen molar-refractivity contribution in [3.63, 3.8) is 0 Å². The summed E-state index contributed by atoms with van der Waals surface area (Å²) in [6.07, 6.45) is 4.69. The predicted octanol–water partition coefficient (Wildman–Crippen LogP) is 0.867. The SMILES string of the molecule is CCCNC1CCCN(C(C)c2nncn2C)C1=O. The van der Waals surface area contributed by atoms with E-state index in [1.165, 1.54) is 0 Å². The van der Waals surface area contributed by atoms with Gasteiger partial charge in [-0.25, -0.2) is 0 Å². The minimum absolute atomic E-state index is 0.0220. The zero-order valence-electron chi connectivity index (χ0n) is 12.0. The van der Waals surface area contributed by atoms with Crippen LogP contribution >= 0.6 is 0 Å². The highest BCUT2D eigenvalue weighted by Crippen LogP contribution is 2.23. The van der Waals surface area contributed by atoms with Crippen molar-refractivity contribution in [3.05, 3.63) is 12.2 Å². The molecule has 1 fully saturated rings. The third-order valence-corrected chi connectivity index (χ3v) is 3.70. The van der Waals surface area contributed by atoms with Gasteiger partial charge in [-0.15, -0.1) is 10.2 Å². The van der Waals surface area contributed by atoms with E-state index in [1.807, 2.05) is 23.4 Å². The maximum atomic E-state index is 12.5. The van der Waals surface area contributed by atoms with Crippen LogP contribution in [0.5, 0.6) is 0 Å². The summed E-state index contributed by atoms with van der Waals surface area (Å²) in [6, 6.07) is -0.0596. The number of carbonyl (C=O) groups is 1. The second kappa shape index (κ2) is 6.14. The molecule has 106 valence electrons. The Bertz CT molecular complexity index is 430. The van der Waals surface area contributed by atoms with E-state index in [0.29, 0.717) is 0 Å². The van der Waals surface area contributed by atoms with Gasteiger partial charge in [-0.3, -0.25) is 4.79 Å². The van der Waals surface area contributed by atoms with Gasteiger partial charge in [-0.1, -0.05) is 6.92 Å². The average molecular weight is 265 g/mol. The van der Waals surface area contributed by atoms with E-state index in [0.717, 1.165) is 38.2 Å². The molecule has 2 unspecified atom stereocenters. The first kappa shape index (κ1) is 14.0. The van der Waals surface area contributed by atoms with Gasteiger partial charge in [0.1, 0.15) is 6.33 Å². The van der Waals surface area contributed by atoms with Gasteiger partial charge in [0.2, 0.25) is 5.91 Å². The molecule has 6 nitrogen and oxygen atoms in total. The van der Waals surface area contributed by atoms with Crippen molar-refractivity contribution in [1.29, 1.82) is 0 Å². The second-order valence-electron chi connectivity index (χ2n) is 5.16. The van der Waals surface area contributed by atoms with Crippen molar-refractivity contribution in [3.8, 4) is 0 Å². The quantitative estimate of drug-likeness (QED) is 0.858. The number of aromatic nitrogens is 3. The summed E-state index contributed by atoms with van der Waals surface area (Å²) in [4.78, 5) is 14.4. The van der Waals surface area contributed by atoms with Gasteiger partial charge in [0.05, 0.1) is 12.1 Å². The lowest BCUT2D eigenvalue weighted by molar-refractivity contribution is -0.138. The number of rotatable bonds is 5. The zero-order chi connectivity index (χ0) is 13.8. The van der Waals surface area contributed by atoms with Crippen molar-refractivity contribution in [2.75, 3.05) is 13.1 Å². The van der Waals surface area contributed by atoms with E-state index in [4.69, 9.17) is 0 Å². The maximum Gasteiger partial charge on any atom is 0.240 e. The van der Waals surface area contributed by atoms with Gasteiger partial charge in [0.25, 0.3) is 0 Å². The number of hydrogen-bond acceptors (Lipinski definition) is 4. The molecule has 1 aliphatic rings. The summed E-state index contributed by atoms with van der Waals surface area (Å²) < 4.78 is 1.88. The third-order valence-electron chi connectivity index (χ3n) is 3.70. The standard InChI is InChI=1S/C13H23N5O/c1-4-7-14-11-6-5-8-18(13(11)19)10(2)12-16-15-9-17(12)3/h9-11,14H,4-8H2,1-3H3. The molecule has 0 spiro atoms. The Morgan fingerprint density at radius 3 is 3.00 bits per heavy atom. The van der Waals surface area contributed by atoms with E-state index in [1.54, 1.807) is 6.33 Å². The Labute approximate surface area is 114 Å². The molecule has 0 aliphatic carbocycles. The molecule has 19 heavy (non-hydrogen) atoms. The summed E-state index contributed by atoms with van der Waals surface area (Å²) in [5.74, 6) is 1.03. The van der Waals surface area contributed by atoms with Gasteiger partial charge in [0, 0.05) is 13.6 Å². The summed E-state index contributed by atoms with van der Waals surface area (Å²) in [5, 5.41) is 11.3. The number of hydrogen-bond donors (Lipinski definition) is 1. The molecule has 1 N–H and O–H groups in total. The zero-order valence-corrected chi connectivity index (χ0v) is 12.0. The van der Waals surface area contributed by atoms with E-state index in [9.17, 15) is 4.79 Å². The summed E-state index contributed by atoms with van der Waals surface area (Å²) in [7, 11) is 1.91. The molecule has 1 saturated heterocycles. The van der Waals surface area contributed by atoms with Crippen LogP contribution in [0.1, 0.15) is 45.0 Å². The molecule has 2 heterocycles. The molecule has 0 saturated carbocycles. The molecule has 0 aromatic carbocycles. The highest BCUT2D eigenvalue weighted by atomic mass is 16.2. The molecule has 2 atom stereocenters. The fourth-order valence-corrected chi connectivity index (χ4v) is 2.60. The maximum absolute atomic E-state index is 12.5. The Hall–Kier alpha value is -1.43. The molecule has 1 aromatic heterocycles. The molecule has 1 aliphatic heterocycles. The van der Waals surface area contributed by atoms with E-state index in [2.05, 4.69) is 22.4 Å². The fourth-order valence-electron chi connectivity index (χ4n) is 2.60. The lowest BCUT2D eigenvalue weighted by atomic mass is 10.0. The Balaban J connectivity index is 2.07. The van der Waals surface area contributed by atoms with Gasteiger partial charge in [0.15, 0.2) is 5.82 Å². The first-order chi connectivity index (χ1) is 9.15. The first-order valence-corrected chi connectivity index (χ1v) is 7.03. The molecule has 6 heteroatoms. The molecule has 1 amide bonds. The molecule has 2 rings (SSSR count). The largest absolute Gasteiger partial charge is 0.331 e. The summed E-state index contributed by atoms with van der Waals surface area (Å²) >= 11 is 0. The van der Waals surface area contributed by atoms with Crippen molar-refractivity contribution in [1.82, 2.24) is 25.0 Å².